The highest BCUT2D eigenvalue weighted by Gasteiger charge is 2.47. The number of hydrogen-bond donors (Lipinski definition) is 0. The highest BCUT2D eigenvalue weighted by atomic mass is 32.2. The summed E-state index contributed by atoms with van der Waals surface area (Å²) in [7, 11) is -1.21. The highest BCUT2D eigenvalue weighted by molar-refractivity contribution is 7.91. The summed E-state index contributed by atoms with van der Waals surface area (Å²) in [5.41, 5.74) is 1.24. The van der Waals surface area contributed by atoms with Gasteiger partial charge in [-0.15, -0.1) is 0 Å². The van der Waals surface area contributed by atoms with Gasteiger partial charge in [0.15, 0.2) is 9.84 Å². The van der Waals surface area contributed by atoms with Crippen LogP contribution in [0.25, 0.3) is 10.8 Å². The molecule has 1 unspecified atom stereocenters. The van der Waals surface area contributed by atoms with Crippen LogP contribution >= 0.6 is 0 Å². The van der Waals surface area contributed by atoms with Crippen LogP contribution < -0.4 is 0 Å². The number of nitrogens with zero attached hydrogens (tertiary/aromatic N) is 1. The Hall–Kier alpha value is -1.88. The molecule has 1 aliphatic carbocycles. The largest absolute Gasteiger partial charge is 0.341 e. The first-order valence-corrected chi connectivity index (χ1v) is 10.2. The number of benzene rings is 2. The Kier molecular flexibility index (Phi) is 3.64. The molecular formula is C19H21NO3S. The van der Waals surface area contributed by atoms with Gasteiger partial charge in [-0.1, -0.05) is 42.5 Å². The van der Waals surface area contributed by atoms with Gasteiger partial charge in [-0.3, -0.25) is 4.79 Å². The zero-order chi connectivity index (χ0) is 16.9. The Balaban J connectivity index is 1.52. The molecule has 1 heterocycles. The van der Waals surface area contributed by atoms with Crippen molar-refractivity contribution in [2.75, 3.05) is 18.6 Å². The molecule has 5 heteroatoms. The van der Waals surface area contributed by atoms with Crippen LogP contribution in [-0.2, 0) is 14.6 Å². The maximum atomic E-state index is 12.8. The van der Waals surface area contributed by atoms with E-state index in [4.69, 9.17) is 0 Å². The lowest BCUT2D eigenvalue weighted by Gasteiger charge is -2.23. The average Bonchev–Trinajstić information content (AvgIpc) is 3.29. The van der Waals surface area contributed by atoms with Crippen molar-refractivity contribution in [3.63, 3.8) is 0 Å². The first kappa shape index (κ1) is 15.6. The average molecular weight is 343 g/mol. The quantitative estimate of drug-likeness (QED) is 0.861. The number of hydrogen-bond acceptors (Lipinski definition) is 3. The third-order valence-electron chi connectivity index (χ3n) is 5.43. The van der Waals surface area contributed by atoms with Gasteiger partial charge in [-0.2, -0.15) is 0 Å². The van der Waals surface area contributed by atoms with Crippen LogP contribution in [0.3, 0.4) is 0 Å². The lowest BCUT2D eigenvalue weighted by Crippen LogP contribution is -2.39. The molecule has 1 saturated carbocycles. The fourth-order valence-electron chi connectivity index (χ4n) is 3.91. The molecule has 126 valence electrons. The Morgan fingerprint density at radius 1 is 1.12 bits per heavy atom. The summed E-state index contributed by atoms with van der Waals surface area (Å²) >= 11 is 0. The second-order valence-corrected chi connectivity index (χ2v) is 9.25. The van der Waals surface area contributed by atoms with Crippen LogP contribution in [0.4, 0.5) is 0 Å². The second-order valence-electron chi connectivity index (χ2n) is 7.02. The first-order valence-electron chi connectivity index (χ1n) is 8.41. The molecule has 0 N–H and O–H groups in total. The van der Waals surface area contributed by atoms with E-state index in [9.17, 15) is 13.2 Å². The van der Waals surface area contributed by atoms with Gasteiger partial charge in [0.05, 0.1) is 11.5 Å². The first-order chi connectivity index (χ1) is 11.5. The van der Waals surface area contributed by atoms with E-state index in [0.29, 0.717) is 6.42 Å². The predicted octanol–water partition coefficient (Wildman–Crippen LogP) is 2.59. The van der Waals surface area contributed by atoms with Gasteiger partial charge in [0, 0.05) is 19.0 Å². The Bertz CT molecular complexity index is 900. The minimum Gasteiger partial charge on any atom is -0.341 e. The Labute approximate surface area is 142 Å². The van der Waals surface area contributed by atoms with Crippen LogP contribution in [0.2, 0.25) is 0 Å². The van der Waals surface area contributed by atoms with Gasteiger partial charge < -0.3 is 4.90 Å². The predicted molar refractivity (Wildman–Crippen MR) is 94.6 cm³/mol. The molecule has 4 nitrogen and oxygen atoms in total. The molecule has 4 rings (SSSR count). The molecule has 24 heavy (non-hydrogen) atoms. The van der Waals surface area contributed by atoms with E-state index in [1.807, 2.05) is 18.2 Å². The van der Waals surface area contributed by atoms with Crippen molar-refractivity contribution < 1.29 is 13.2 Å². The minimum atomic E-state index is -2.97. The normalized spacial score (nSPS) is 28.0. The number of amides is 1. The van der Waals surface area contributed by atoms with E-state index in [-0.39, 0.29) is 35.3 Å². The summed E-state index contributed by atoms with van der Waals surface area (Å²) in [4.78, 5) is 14.4. The third kappa shape index (κ3) is 2.71. The minimum absolute atomic E-state index is 0.0101. The van der Waals surface area contributed by atoms with Crippen LogP contribution in [0, 0.1) is 5.92 Å². The lowest BCUT2D eigenvalue weighted by molar-refractivity contribution is -0.133. The molecule has 1 aliphatic heterocycles. The summed E-state index contributed by atoms with van der Waals surface area (Å²) in [5, 5.41) is 2.41. The molecule has 2 aromatic carbocycles. The zero-order valence-corrected chi connectivity index (χ0v) is 14.5. The van der Waals surface area contributed by atoms with Crippen LogP contribution in [0.5, 0.6) is 0 Å². The van der Waals surface area contributed by atoms with E-state index in [2.05, 4.69) is 24.3 Å². The molecule has 2 fully saturated rings. The van der Waals surface area contributed by atoms with E-state index < -0.39 is 9.84 Å². The fraction of sp³-hybridized carbons (Fsp3) is 0.421. The van der Waals surface area contributed by atoms with E-state index >= 15 is 0 Å². The molecule has 2 aromatic rings. The Morgan fingerprint density at radius 2 is 1.88 bits per heavy atom. The van der Waals surface area contributed by atoms with Crippen molar-refractivity contribution >= 4 is 26.5 Å². The van der Waals surface area contributed by atoms with Crippen molar-refractivity contribution in [2.45, 2.75) is 24.8 Å². The fourth-order valence-corrected chi connectivity index (χ4v) is 5.68. The van der Waals surface area contributed by atoms with Crippen LogP contribution in [0.1, 0.15) is 24.3 Å². The zero-order valence-electron chi connectivity index (χ0n) is 13.7. The van der Waals surface area contributed by atoms with E-state index in [0.717, 1.165) is 6.42 Å². The summed E-state index contributed by atoms with van der Waals surface area (Å²) < 4.78 is 23.3. The van der Waals surface area contributed by atoms with E-state index in [1.165, 1.54) is 16.3 Å². The molecule has 3 atom stereocenters. The molecule has 1 amide bonds. The molecular weight excluding hydrogens is 322 g/mol. The Morgan fingerprint density at radius 3 is 2.62 bits per heavy atom. The summed E-state index contributed by atoms with van der Waals surface area (Å²) in [6, 6.07) is 14.3. The van der Waals surface area contributed by atoms with Crippen molar-refractivity contribution in [3.8, 4) is 0 Å². The molecule has 0 aromatic heterocycles. The van der Waals surface area contributed by atoms with Crippen LogP contribution in [-0.4, -0.2) is 43.8 Å². The summed E-state index contributed by atoms with van der Waals surface area (Å²) in [6.07, 6.45) is 1.42. The number of rotatable bonds is 3. The van der Waals surface area contributed by atoms with Gasteiger partial charge in [-0.05, 0) is 35.1 Å². The molecule has 0 bridgehead atoms. The number of sulfone groups is 1. The summed E-state index contributed by atoms with van der Waals surface area (Å²) in [5.74, 6) is 0.649. The van der Waals surface area contributed by atoms with Crippen molar-refractivity contribution in [2.24, 2.45) is 5.92 Å². The van der Waals surface area contributed by atoms with Gasteiger partial charge in [-0.25, -0.2) is 8.42 Å². The van der Waals surface area contributed by atoms with Gasteiger partial charge in [0.25, 0.3) is 0 Å². The van der Waals surface area contributed by atoms with Crippen molar-refractivity contribution in [1.29, 1.82) is 0 Å². The molecule has 0 radical (unpaired) electrons. The monoisotopic (exact) mass is 343 g/mol. The smallest absolute Gasteiger partial charge is 0.226 e. The molecule has 0 spiro atoms. The summed E-state index contributed by atoms with van der Waals surface area (Å²) in [6.45, 7) is 0. The molecule has 1 saturated heterocycles. The van der Waals surface area contributed by atoms with Gasteiger partial charge in [0.1, 0.15) is 0 Å². The number of carbonyl (C=O) groups is 1. The molecule has 2 aliphatic rings. The number of fused-ring (bicyclic) bond motifs is 1. The second kappa shape index (κ2) is 5.59. The highest BCUT2D eigenvalue weighted by Crippen LogP contribution is 2.50. The van der Waals surface area contributed by atoms with Crippen molar-refractivity contribution in [1.82, 2.24) is 4.90 Å². The van der Waals surface area contributed by atoms with E-state index in [1.54, 1.807) is 11.9 Å². The topological polar surface area (TPSA) is 54.5 Å². The lowest BCUT2D eigenvalue weighted by atomic mass is 10.00. The van der Waals surface area contributed by atoms with Crippen molar-refractivity contribution in [3.05, 3.63) is 48.0 Å². The van der Waals surface area contributed by atoms with Gasteiger partial charge in [0.2, 0.25) is 5.91 Å². The van der Waals surface area contributed by atoms with Gasteiger partial charge >= 0.3 is 0 Å². The third-order valence-corrected chi connectivity index (χ3v) is 7.18. The maximum Gasteiger partial charge on any atom is 0.226 e. The van der Waals surface area contributed by atoms with Crippen LogP contribution in [0.15, 0.2) is 42.5 Å². The standard InChI is InChI=1S/C19H21NO3S/c1-20(14-9-10-24(22,23)12-14)19(21)18-11-17(18)16-8-4-6-13-5-2-3-7-15(13)16/h2-8,14,17-18H,9-12H2,1H3/t14?,17-,18+/m0/s1. The maximum absolute atomic E-state index is 12.8. The SMILES string of the molecule is CN(C(=O)[C@@H]1C[C@H]1c1cccc2ccccc12)C1CCS(=O)(=O)C1. The number of carbonyl (C=O) groups excluding carboxylic acids is 1.